The normalized spacial score (nSPS) is 11.2. The van der Waals surface area contributed by atoms with Crippen LogP contribution in [0.15, 0.2) is 34.8 Å². The van der Waals surface area contributed by atoms with E-state index in [9.17, 15) is 4.79 Å². The summed E-state index contributed by atoms with van der Waals surface area (Å²) in [6.07, 6.45) is 0. The zero-order chi connectivity index (χ0) is 17.4. The highest BCUT2D eigenvalue weighted by Gasteiger charge is 2.19. The molecule has 0 atom stereocenters. The van der Waals surface area contributed by atoms with Gasteiger partial charge in [-0.3, -0.25) is 9.48 Å². The van der Waals surface area contributed by atoms with Gasteiger partial charge in [0.25, 0.3) is 5.91 Å². The second-order valence-electron chi connectivity index (χ2n) is 6.12. The van der Waals surface area contributed by atoms with Crippen molar-refractivity contribution in [3.63, 3.8) is 0 Å². The number of benzene rings is 1. The summed E-state index contributed by atoms with van der Waals surface area (Å²) in [5, 5.41) is 8.18. The van der Waals surface area contributed by atoms with Gasteiger partial charge in [0.1, 0.15) is 0 Å². The molecule has 0 radical (unpaired) electrons. The molecule has 3 aromatic rings. The summed E-state index contributed by atoms with van der Waals surface area (Å²) in [5.41, 5.74) is 3.78. The van der Waals surface area contributed by atoms with Crippen LogP contribution in [0.1, 0.15) is 41.5 Å². The third kappa shape index (κ3) is 3.06. The largest absolute Gasteiger partial charge is 0.322 e. The van der Waals surface area contributed by atoms with Crippen molar-refractivity contribution in [1.82, 2.24) is 14.8 Å². The number of carbonyl (C=O) groups is 1. The third-order valence-corrected chi connectivity index (χ3v) is 4.46. The van der Waals surface area contributed by atoms with Crippen LogP contribution >= 0.6 is 15.9 Å². The molecular weight excluding hydrogens is 368 g/mol. The minimum Gasteiger partial charge on any atom is -0.322 e. The Bertz CT molecular complexity index is 913. The smallest absolute Gasteiger partial charge is 0.256 e. The lowest BCUT2D eigenvalue weighted by Gasteiger charge is -2.11. The standard InChI is InChI=1S/C18H19BrN4O/c1-10(2)15-9-14(16-11(3)22-23(4)17(16)21-15)18(24)20-13-7-5-12(19)6-8-13/h5-10H,1-4H3,(H,20,24). The second kappa shape index (κ2) is 6.36. The van der Waals surface area contributed by atoms with E-state index in [-0.39, 0.29) is 11.8 Å². The average Bonchev–Trinajstić information content (AvgIpc) is 2.83. The molecule has 1 N–H and O–H groups in total. The van der Waals surface area contributed by atoms with Gasteiger partial charge in [-0.25, -0.2) is 4.98 Å². The molecule has 6 heteroatoms. The Kier molecular flexibility index (Phi) is 4.41. The van der Waals surface area contributed by atoms with E-state index < -0.39 is 0 Å². The number of fused-ring (bicyclic) bond motifs is 1. The minimum absolute atomic E-state index is 0.150. The summed E-state index contributed by atoms with van der Waals surface area (Å²) in [7, 11) is 1.85. The summed E-state index contributed by atoms with van der Waals surface area (Å²) < 4.78 is 2.70. The highest BCUT2D eigenvalue weighted by Crippen LogP contribution is 2.26. The van der Waals surface area contributed by atoms with Crippen molar-refractivity contribution in [3.05, 3.63) is 51.8 Å². The number of pyridine rings is 1. The van der Waals surface area contributed by atoms with Crippen LogP contribution in [0.5, 0.6) is 0 Å². The number of anilines is 1. The lowest BCUT2D eigenvalue weighted by atomic mass is 10.0. The summed E-state index contributed by atoms with van der Waals surface area (Å²) in [5.74, 6) is 0.0755. The van der Waals surface area contributed by atoms with Gasteiger partial charge in [0.2, 0.25) is 0 Å². The molecule has 0 spiro atoms. The molecule has 0 bridgehead atoms. The van der Waals surface area contributed by atoms with Gasteiger partial charge in [-0.2, -0.15) is 5.10 Å². The van der Waals surface area contributed by atoms with E-state index in [4.69, 9.17) is 0 Å². The van der Waals surface area contributed by atoms with Crippen molar-refractivity contribution >= 4 is 38.6 Å². The fraction of sp³-hybridized carbons (Fsp3) is 0.278. The predicted octanol–water partition coefficient (Wildman–Crippen LogP) is 4.41. The van der Waals surface area contributed by atoms with Crippen molar-refractivity contribution in [2.75, 3.05) is 5.32 Å². The van der Waals surface area contributed by atoms with E-state index in [1.54, 1.807) is 4.68 Å². The highest BCUT2D eigenvalue weighted by atomic mass is 79.9. The van der Waals surface area contributed by atoms with Gasteiger partial charge < -0.3 is 5.32 Å². The highest BCUT2D eigenvalue weighted by molar-refractivity contribution is 9.10. The number of rotatable bonds is 3. The lowest BCUT2D eigenvalue weighted by Crippen LogP contribution is -2.14. The Balaban J connectivity index is 2.09. The molecule has 3 rings (SSSR count). The lowest BCUT2D eigenvalue weighted by molar-refractivity contribution is 0.102. The maximum Gasteiger partial charge on any atom is 0.256 e. The number of carbonyl (C=O) groups excluding carboxylic acids is 1. The zero-order valence-corrected chi connectivity index (χ0v) is 15.7. The van der Waals surface area contributed by atoms with Crippen LogP contribution in [0.25, 0.3) is 11.0 Å². The van der Waals surface area contributed by atoms with Gasteiger partial charge in [0.15, 0.2) is 5.65 Å². The van der Waals surface area contributed by atoms with Crippen molar-refractivity contribution in [1.29, 1.82) is 0 Å². The van der Waals surface area contributed by atoms with Crippen LogP contribution in [0.3, 0.4) is 0 Å². The molecule has 0 aliphatic heterocycles. The first-order chi connectivity index (χ1) is 11.4. The zero-order valence-electron chi connectivity index (χ0n) is 14.1. The van der Waals surface area contributed by atoms with E-state index in [0.717, 1.165) is 32.6 Å². The maximum absolute atomic E-state index is 12.9. The molecule has 0 aliphatic rings. The topological polar surface area (TPSA) is 59.8 Å². The summed E-state index contributed by atoms with van der Waals surface area (Å²) >= 11 is 3.39. The predicted molar refractivity (Wildman–Crippen MR) is 99.4 cm³/mol. The number of hydrogen-bond donors (Lipinski definition) is 1. The van der Waals surface area contributed by atoms with Crippen LogP contribution in [0.4, 0.5) is 5.69 Å². The van der Waals surface area contributed by atoms with Crippen molar-refractivity contribution in [2.24, 2.45) is 7.05 Å². The van der Waals surface area contributed by atoms with E-state index >= 15 is 0 Å². The van der Waals surface area contributed by atoms with Gasteiger partial charge >= 0.3 is 0 Å². The Labute approximate surface area is 149 Å². The Hall–Kier alpha value is -2.21. The third-order valence-electron chi connectivity index (χ3n) is 3.93. The molecule has 5 nitrogen and oxygen atoms in total. The first-order valence-corrected chi connectivity index (χ1v) is 8.57. The number of amides is 1. The van der Waals surface area contributed by atoms with Crippen LogP contribution in [-0.4, -0.2) is 20.7 Å². The van der Waals surface area contributed by atoms with Gasteiger partial charge in [0, 0.05) is 22.9 Å². The van der Waals surface area contributed by atoms with Crippen molar-refractivity contribution < 1.29 is 4.79 Å². The van der Waals surface area contributed by atoms with E-state index in [0.29, 0.717) is 5.56 Å². The first kappa shape index (κ1) is 16.6. The summed E-state index contributed by atoms with van der Waals surface area (Å²) in [6.45, 7) is 6.02. The molecule has 2 heterocycles. The monoisotopic (exact) mass is 386 g/mol. The number of halogens is 1. The fourth-order valence-corrected chi connectivity index (χ4v) is 2.94. The van der Waals surface area contributed by atoms with Gasteiger partial charge in [-0.1, -0.05) is 29.8 Å². The summed E-state index contributed by atoms with van der Waals surface area (Å²) in [4.78, 5) is 17.5. The Morgan fingerprint density at radius 1 is 1.25 bits per heavy atom. The van der Waals surface area contributed by atoms with Crippen LogP contribution in [-0.2, 0) is 7.05 Å². The quantitative estimate of drug-likeness (QED) is 0.724. The van der Waals surface area contributed by atoms with E-state index in [2.05, 4.69) is 45.2 Å². The minimum atomic E-state index is -0.150. The number of nitrogens with zero attached hydrogens (tertiary/aromatic N) is 3. The average molecular weight is 387 g/mol. The van der Waals surface area contributed by atoms with E-state index in [1.165, 1.54) is 0 Å². The van der Waals surface area contributed by atoms with Gasteiger partial charge in [0.05, 0.1) is 16.6 Å². The SMILES string of the molecule is Cc1nn(C)c2nc(C(C)C)cc(C(=O)Nc3ccc(Br)cc3)c12. The van der Waals surface area contributed by atoms with Crippen LogP contribution in [0, 0.1) is 6.92 Å². The molecule has 1 aromatic carbocycles. The Morgan fingerprint density at radius 3 is 2.54 bits per heavy atom. The van der Waals surface area contributed by atoms with Crippen LogP contribution < -0.4 is 5.32 Å². The van der Waals surface area contributed by atoms with Crippen molar-refractivity contribution in [2.45, 2.75) is 26.7 Å². The molecule has 2 aromatic heterocycles. The number of hydrogen-bond acceptors (Lipinski definition) is 3. The fourth-order valence-electron chi connectivity index (χ4n) is 2.67. The molecule has 0 saturated carbocycles. The molecular formula is C18H19BrN4O. The Morgan fingerprint density at radius 2 is 1.92 bits per heavy atom. The maximum atomic E-state index is 12.9. The number of aromatic nitrogens is 3. The van der Waals surface area contributed by atoms with Gasteiger partial charge in [-0.15, -0.1) is 0 Å². The molecule has 0 unspecified atom stereocenters. The van der Waals surface area contributed by atoms with Crippen molar-refractivity contribution in [3.8, 4) is 0 Å². The van der Waals surface area contributed by atoms with E-state index in [1.807, 2.05) is 44.3 Å². The number of aryl methyl sites for hydroxylation is 2. The molecule has 0 aliphatic carbocycles. The molecule has 0 saturated heterocycles. The number of nitrogens with one attached hydrogen (secondary N) is 1. The first-order valence-electron chi connectivity index (χ1n) is 7.78. The molecule has 0 fully saturated rings. The van der Waals surface area contributed by atoms with Crippen LogP contribution in [0.2, 0.25) is 0 Å². The van der Waals surface area contributed by atoms with Gasteiger partial charge in [-0.05, 0) is 43.2 Å². The molecule has 1 amide bonds. The molecule has 24 heavy (non-hydrogen) atoms. The summed E-state index contributed by atoms with van der Waals surface area (Å²) in [6, 6.07) is 9.38. The second-order valence-corrected chi connectivity index (χ2v) is 7.03. The molecule has 124 valence electrons.